The molecule has 0 fully saturated rings. The van der Waals surface area contributed by atoms with Crippen molar-refractivity contribution < 1.29 is 9.53 Å². The van der Waals surface area contributed by atoms with Gasteiger partial charge >= 0.3 is 5.97 Å². The molecule has 0 radical (unpaired) electrons. The minimum Gasteiger partial charge on any atom is -0.468 e. The molecule has 1 atom stereocenters. The summed E-state index contributed by atoms with van der Waals surface area (Å²) in [6.45, 7) is 2.27. The molecule has 0 heterocycles. The molecule has 2 N–H and O–H groups in total. The van der Waals surface area contributed by atoms with Gasteiger partial charge in [0.1, 0.15) is 6.04 Å². The van der Waals surface area contributed by atoms with Gasteiger partial charge in [0.2, 0.25) is 0 Å². The SMILES string of the molecule is CCCCCCCCCCCCSCCC(N)C(=O)OC. The molecule has 126 valence electrons. The molecular formula is C17H35NO2S. The molecule has 1 unspecified atom stereocenters. The number of hydrogen-bond donors (Lipinski definition) is 1. The van der Waals surface area contributed by atoms with Gasteiger partial charge in [-0.1, -0.05) is 64.7 Å². The first kappa shape index (κ1) is 20.8. The second kappa shape index (κ2) is 16.2. The lowest BCUT2D eigenvalue weighted by Gasteiger charge is -2.08. The normalized spacial score (nSPS) is 12.3. The third-order valence-corrected chi connectivity index (χ3v) is 4.82. The topological polar surface area (TPSA) is 52.3 Å². The van der Waals surface area contributed by atoms with Gasteiger partial charge in [0, 0.05) is 0 Å². The van der Waals surface area contributed by atoms with Gasteiger partial charge in [-0.3, -0.25) is 4.79 Å². The summed E-state index contributed by atoms with van der Waals surface area (Å²) in [4.78, 5) is 11.1. The third-order valence-electron chi connectivity index (χ3n) is 3.72. The number of hydrogen-bond acceptors (Lipinski definition) is 4. The van der Waals surface area contributed by atoms with E-state index in [-0.39, 0.29) is 5.97 Å². The number of nitrogens with two attached hydrogens (primary N) is 1. The van der Waals surface area contributed by atoms with Gasteiger partial charge in [-0.25, -0.2) is 0 Å². The number of methoxy groups -OCH3 is 1. The Kier molecular flexibility index (Phi) is 16.0. The van der Waals surface area contributed by atoms with E-state index in [0.29, 0.717) is 0 Å². The molecule has 0 aromatic carbocycles. The first-order chi connectivity index (χ1) is 10.2. The van der Waals surface area contributed by atoms with Gasteiger partial charge in [0.15, 0.2) is 0 Å². The van der Waals surface area contributed by atoms with Gasteiger partial charge in [-0.05, 0) is 24.3 Å². The molecule has 0 aromatic heterocycles. The highest BCUT2D eigenvalue weighted by Gasteiger charge is 2.12. The number of carbonyl (C=O) groups is 1. The van der Waals surface area contributed by atoms with Crippen molar-refractivity contribution in [1.29, 1.82) is 0 Å². The summed E-state index contributed by atoms with van der Waals surface area (Å²) in [5.74, 6) is 1.84. The number of unbranched alkanes of at least 4 members (excludes halogenated alkanes) is 9. The standard InChI is InChI=1S/C17H35NO2S/c1-3-4-5-6-7-8-9-10-11-12-14-21-15-13-16(18)17(19)20-2/h16H,3-15,18H2,1-2H3. The summed E-state index contributed by atoms with van der Waals surface area (Å²) in [6.07, 6.45) is 14.5. The fourth-order valence-corrected chi connectivity index (χ4v) is 3.31. The molecule has 0 bridgehead atoms. The Morgan fingerprint density at radius 3 is 2.00 bits per heavy atom. The van der Waals surface area contributed by atoms with Crippen molar-refractivity contribution >= 4 is 17.7 Å². The summed E-state index contributed by atoms with van der Waals surface area (Å²) in [5.41, 5.74) is 5.68. The summed E-state index contributed by atoms with van der Waals surface area (Å²) in [7, 11) is 1.39. The van der Waals surface area contributed by atoms with Crippen molar-refractivity contribution in [3.63, 3.8) is 0 Å². The molecule has 0 aliphatic rings. The molecular weight excluding hydrogens is 282 g/mol. The van der Waals surface area contributed by atoms with Crippen LogP contribution in [0.25, 0.3) is 0 Å². The Hall–Kier alpha value is -0.220. The van der Waals surface area contributed by atoms with Crippen molar-refractivity contribution in [2.45, 2.75) is 83.6 Å². The molecule has 0 saturated carbocycles. The molecule has 0 aliphatic heterocycles. The quantitative estimate of drug-likeness (QED) is 0.356. The zero-order valence-electron chi connectivity index (χ0n) is 14.1. The average molecular weight is 318 g/mol. The third kappa shape index (κ3) is 14.5. The lowest BCUT2D eigenvalue weighted by Crippen LogP contribution is -2.32. The van der Waals surface area contributed by atoms with Crippen LogP contribution in [0.4, 0.5) is 0 Å². The van der Waals surface area contributed by atoms with Gasteiger partial charge in [-0.2, -0.15) is 11.8 Å². The van der Waals surface area contributed by atoms with Crippen molar-refractivity contribution in [2.75, 3.05) is 18.6 Å². The second-order valence-electron chi connectivity index (χ2n) is 5.71. The van der Waals surface area contributed by atoms with Crippen LogP contribution in [0.15, 0.2) is 0 Å². The first-order valence-corrected chi connectivity index (χ1v) is 9.79. The predicted octanol–water partition coefficient (Wildman–Crippen LogP) is 4.53. The molecule has 0 saturated heterocycles. The Balaban J connectivity index is 3.11. The highest BCUT2D eigenvalue weighted by molar-refractivity contribution is 7.99. The van der Waals surface area contributed by atoms with Gasteiger partial charge in [-0.15, -0.1) is 0 Å². The molecule has 4 heteroatoms. The minimum atomic E-state index is -0.449. The smallest absolute Gasteiger partial charge is 0.322 e. The van der Waals surface area contributed by atoms with E-state index < -0.39 is 6.04 Å². The number of ether oxygens (including phenoxy) is 1. The van der Waals surface area contributed by atoms with Crippen LogP contribution in [-0.4, -0.2) is 30.6 Å². The van der Waals surface area contributed by atoms with Crippen LogP contribution in [0.3, 0.4) is 0 Å². The minimum absolute atomic E-state index is 0.297. The van der Waals surface area contributed by atoms with E-state index in [9.17, 15) is 4.79 Å². The Morgan fingerprint density at radius 2 is 1.48 bits per heavy atom. The zero-order chi connectivity index (χ0) is 15.8. The zero-order valence-corrected chi connectivity index (χ0v) is 14.9. The van der Waals surface area contributed by atoms with Gasteiger partial charge in [0.25, 0.3) is 0 Å². The lowest BCUT2D eigenvalue weighted by atomic mass is 10.1. The number of thioether (sulfide) groups is 1. The maximum Gasteiger partial charge on any atom is 0.322 e. The van der Waals surface area contributed by atoms with E-state index in [1.165, 1.54) is 77.1 Å². The summed E-state index contributed by atoms with van der Waals surface area (Å²) in [6, 6.07) is -0.449. The van der Waals surface area contributed by atoms with E-state index >= 15 is 0 Å². The van der Waals surface area contributed by atoms with E-state index in [4.69, 9.17) is 5.73 Å². The largest absolute Gasteiger partial charge is 0.468 e. The molecule has 0 amide bonds. The van der Waals surface area contributed by atoms with E-state index in [1.807, 2.05) is 11.8 Å². The molecule has 0 spiro atoms. The lowest BCUT2D eigenvalue weighted by molar-refractivity contribution is -0.142. The number of rotatable bonds is 15. The first-order valence-electron chi connectivity index (χ1n) is 8.63. The molecule has 3 nitrogen and oxygen atoms in total. The molecule has 0 aromatic rings. The van der Waals surface area contributed by atoms with Gasteiger partial charge < -0.3 is 10.5 Å². The van der Waals surface area contributed by atoms with Crippen LogP contribution in [0, 0.1) is 0 Å². The molecule has 21 heavy (non-hydrogen) atoms. The highest BCUT2D eigenvalue weighted by atomic mass is 32.2. The van der Waals surface area contributed by atoms with Crippen LogP contribution >= 0.6 is 11.8 Å². The summed E-state index contributed by atoms with van der Waals surface area (Å²) >= 11 is 1.90. The van der Waals surface area contributed by atoms with Crippen molar-refractivity contribution in [2.24, 2.45) is 5.73 Å². The van der Waals surface area contributed by atoms with Crippen molar-refractivity contribution in [3.8, 4) is 0 Å². The Morgan fingerprint density at radius 1 is 0.952 bits per heavy atom. The van der Waals surface area contributed by atoms with Crippen LogP contribution in [0.2, 0.25) is 0 Å². The van der Waals surface area contributed by atoms with Crippen molar-refractivity contribution in [3.05, 3.63) is 0 Å². The number of esters is 1. The maximum absolute atomic E-state index is 11.1. The van der Waals surface area contributed by atoms with Crippen LogP contribution in [-0.2, 0) is 9.53 Å². The van der Waals surface area contributed by atoms with E-state index in [0.717, 1.165) is 12.2 Å². The molecule has 0 aliphatic carbocycles. The predicted molar refractivity (Wildman–Crippen MR) is 93.8 cm³/mol. The molecule has 0 rings (SSSR count). The summed E-state index contributed by atoms with van der Waals surface area (Å²) in [5, 5.41) is 0. The Labute approximate surface area is 135 Å². The fraction of sp³-hybridized carbons (Fsp3) is 0.941. The van der Waals surface area contributed by atoms with Crippen molar-refractivity contribution in [1.82, 2.24) is 0 Å². The maximum atomic E-state index is 11.1. The average Bonchev–Trinajstić information content (AvgIpc) is 2.50. The van der Waals surface area contributed by atoms with Crippen LogP contribution in [0.5, 0.6) is 0 Å². The van der Waals surface area contributed by atoms with E-state index in [2.05, 4.69) is 11.7 Å². The number of carbonyl (C=O) groups excluding carboxylic acids is 1. The van der Waals surface area contributed by atoms with Crippen LogP contribution in [0.1, 0.15) is 77.6 Å². The second-order valence-corrected chi connectivity index (χ2v) is 6.94. The Bertz CT molecular complexity index is 237. The van der Waals surface area contributed by atoms with Gasteiger partial charge in [0.05, 0.1) is 7.11 Å². The monoisotopic (exact) mass is 317 g/mol. The van der Waals surface area contributed by atoms with Crippen LogP contribution < -0.4 is 5.73 Å². The van der Waals surface area contributed by atoms with E-state index in [1.54, 1.807) is 0 Å². The summed E-state index contributed by atoms with van der Waals surface area (Å²) < 4.78 is 4.60. The fourth-order valence-electron chi connectivity index (χ4n) is 2.27. The highest BCUT2D eigenvalue weighted by Crippen LogP contribution is 2.13.